The van der Waals surface area contributed by atoms with Crippen LogP contribution in [0.2, 0.25) is 0 Å². The van der Waals surface area contributed by atoms with Crippen molar-refractivity contribution in [3.63, 3.8) is 0 Å². The summed E-state index contributed by atoms with van der Waals surface area (Å²) in [4.78, 5) is 16.2. The van der Waals surface area contributed by atoms with Crippen molar-refractivity contribution in [1.29, 1.82) is 0 Å². The van der Waals surface area contributed by atoms with E-state index in [1.165, 1.54) is 23.9 Å². The maximum absolute atomic E-state index is 12.9. The Labute approximate surface area is 141 Å². The van der Waals surface area contributed by atoms with Gasteiger partial charge in [0.1, 0.15) is 27.4 Å². The van der Waals surface area contributed by atoms with Gasteiger partial charge in [0, 0.05) is 17.4 Å². The van der Waals surface area contributed by atoms with Crippen LogP contribution < -0.4 is 0 Å². The first-order valence-electron chi connectivity index (χ1n) is 6.78. The maximum atomic E-state index is 12.9. The highest BCUT2D eigenvalue weighted by Crippen LogP contribution is 2.32. The van der Waals surface area contributed by atoms with E-state index < -0.39 is 0 Å². The number of nitrogens with zero attached hydrogens (tertiary/aromatic N) is 1. The Kier molecular flexibility index (Phi) is 4.83. The third-order valence-electron chi connectivity index (χ3n) is 2.96. The fourth-order valence-electron chi connectivity index (χ4n) is 1.92. The summed E-state index contributed by atoms with van der Waals surface area (Å²) in [7, 11) is 0. The highest BCUT2D eigenvalue weighted by atomic mass is 32.2. The summed E-state index contributed by atoms with van der Waals surface area (Å²) in [6.45, 7) is 3.64. The van der Waals surface area contributed by atoms with Gasteiger partial charge in [-0.15, -0.1) is 6.58 Å². The fourth-order valence-corrected chi connectivity index (χ4v) is 3.52. The van der Waals surface area contributed by atoms with E-state index in [1.807, 2.05) is 0 Å². The Bertz CT molecular complexity index is 806. The van der Waals surface area contributed by atoms with Crippen molar-refractivity contribution >= 4 is 39.1 Å². The zero-order valence-corrected chi connectivity index (χ0v) is 13.6. The summed E-state index contributed by atoms with van der Waals surface area (Å²) in [5.41, 5.74) is 1.13. The maximum Gasteiger partial charge on any atom is 0.244 e. The summed E-state index contributed by atoms with van der Waals surface area (Å²) in [6, 6.07) is 9.58. The molecule has 3 rings (SSSR count). The molecule has 0 unspecified atom stereocenters. The van der Waals surface area contributed by atoms with Crippen LogP contribution in [0.1, 0.15) is 5.76 Å². The molecule has 1 aliphatic heterocycles. The molecule has 0 bridgehead atoms. The molecule has 0 aliphatic carbocycles. The molecule has 0 saturated carbocycles. The minimum atomic E-state index is -0.296. The summed E-state index contributed by atoms with van der Waals surface area (Å²) in [6.07, 6.45) is 3.38. The number of carbonyl (C=O) groups is 1. The molecule has 6 heteroatoms. The van der Waals surface area contributed by atoms with Crippen molar-refractivity contribution in [3.8, 4) is 11.3 Å². The zero-order chi connectivity index (χ0) is 16.2. The molecule has 3 nitrogen and oxygen atoms in total. The van der Waals surface area contributed by atoms with Crippen molar-refractivity contribution in [2.45, 2.75) is 0 Å². The average molecular weight is 345 g/mol. The number of hydrogen-bond donors (Lipinski definition) is 0. The Morgan fingerprint density at radius 3 is 2.78 bits per heavy atom. The molecular weight excluding hydrogens is 333 g/mol. The van der Waals surface area contributed by atoms with Crippen LogP contribution in [0.15, 0.2) is 64.2 Å². The molecule has 116 valence electrons. The molecule has 1 aromatic carbocycles. The normalized spacial score (nSPS) is 16.0. The van der Waals surface area contributed by atoms with E-state index in [0.717, 1.165) is 17.3 Å². The molecule has 0 amide bonds. The Morgan fingerprint density at radius 2 is 2.04 bits per heavy atom. The fraction of sp³-hybridized carbons (Fsp3) is 0.0588. The third-order valence-corrected chi connectivity index (χ3v) is 4.96. The molecule has 0 saturated heterocycles. The second-order valence-corrected chi connectivity index (χ2v) is 6.83. The lowest BCUT2D eigenvalue weighted by Crippen LogP contribution is -1.87. The molecule has 0 radical (unpaired) electrons. The molecule has 0 fully saturated rings. The summed E-state index contributed by atoms with van der Waals surface area (Å²) in [5, 5.41) is -0.101. The second kappa shape index (κ2) is 7.02. The molecule has 0 N–H and O–H groups in total. The van der Waals surface area contributed by atoms with E-state index in [1.54, 1.807) is 36.4 Å². The topological polar surface area (TPSA) is 42.6 Å². The van der Waals surface area contributed by atoms with Crippen molar-refractivity contribution in [1.82, 2.24) is 0 Å². The van der Waals surface area contributed by atoms with Crippen molar-refractivity contribution in [2.24, 2.45) is 4.99 Å². The first-order valence-corrected chi connectivity index (χ1v) is 8.58. The molecule has 23 heavy (non-hydrogen) atoms. The molecule has 1 aromatic heterocycles. The van der Waals surface area contributed by atoms with E-state index in [0.29, 0.717) is 27.3 Å². The minimum absolute atomic E-state index is 0.101. The minimum Gasteiger partial charge on any atom is -0.457 e. The smallest absolute Gasteiger partial charge is 0.244 e. The van der Waals surface area contributed by atoms with E-state index in [-0.39, 0.29) is 10.9 Å². The quantitative estimate of drug-likeness (QED) is 0.579. The van der Waals surface area contributed by atoms with E-state index >= 15 is 0 Å². The SMILES string of the molecule is C=CCSC1=N/C(=C\c2ccc(-c3ccc(F)cc3)o2)C(=O)S1. The third kappa shape index (κ3) is 3.83. The van der Waals surface area contributed by atoms with Gasteiger partial charge < -0.3 is 4.42 Å². The lowest BCUT2D eigenvalue weighted by atomic mass is 10.2. The average Bonchev–Trinajstić information content (AvgIpc) is 3.14. The predicted octanol–water partition coefficient (Wildman–Crippen LogP) is 4.98. The van der Waals surface area contributed by atoms with Crippen LogP contribution in [0.25, 0.3) is 17.4 Å². The molecule has 1 aliphatic rings. The Balaban J connectivity index is 1.80. The molecule has 2 heterocycles. The number of carbonyl (C=O) groups excluding carboxylic acids is 1. The summed E-state index contributed by atoms with van der Waals surface area (Å²) < 4.78 is 19.3. The largest absolute Gasteiger partial charge is 0.457 e. The standard InChI is InChI=1S/C17H12FNO2S2/c1-2-9-22-17-19-14(16(20)23-17)10-13-7-8-15(21-13)11-3-5-12(18)6-4-11/h2-8,10H,1,9H2/b14-10-. The van der Waals surface area contributed by atoms with Gasteiger partial charge >= 0.3 is 0 Å². The number of furan rings is 1. The van der Waals surface area contributed by atoms with E-state index in [2.05, 4.69) is 11.6 Å². The number of aliphatic imine (C=N–C) groups is 1. The number of halogens is 1. The van der Waals surface area contributed by atoms with Crippen molar-refractivity contribution in [3.05, 3.63) is 66.3 Å². The lowest BCUT2D eigenvalue weighted by molar-refractivity contribution is -0.107. The molecule has 2 aromatic rings. The molecular formula is C17H12FNO2S2. The zero-order valence-electron chi connectivity index (χ0n) is 12.0. The Hall–Kier alpha value is -2.05. The second-order valence-electron chi connectivity index (χ2n) is 4.61. The lowest BCUT2D eigenvalue weighted by Gasteiger charge is -1.96. The van der Waals surface area contributed by atoms with E-state index in [9.17, 15) is 9.18 Å². The highest BCUT2D eigenvalue weighted by molar-refractivity contribution is 8.45. The predicted molar refractivity (Wildman–Crippen MR) is 94.8 cm³/mol. The Morgan fingerprint density at radius 1 is 1.26 bits per heavy atom. The first-order chi connectivity index (χ1) is 11.2. The number of rotatable bonds is 4. The van der Waals surface area contributed by atoms with Gasteiger partial charge in [0.05, 0.1) is 0 Å². The van der Waals surface area contributed by atoms with E-state index in [4.69, 9.17) is 4.42 Å². The van der Waals surface area contributed by atoms with Crippen LogP contribution in [0.5, 0.6) is 0 Å². The van der Waals surface area contributed by atoms with Crippen LogP contribution >= 0.6 is 23.5 Å². The summed E-state index contributed by atoms with van der Waals surface area (Å²) >= 11 is 2.58. The number of hydrogen-bond acceptors (Lipinski definition) is 5. The van der Waals surface area contributed by atoms with Crippen LogP contribution in [0, 0.1) is 5.82 Å². The van der Waals surface area contributed by atoms with Gasteiger partial charge in [0.25, 0.3) is 0 Å². The van der Waals surface area contributed by atoms with Crippen LogP contribution in [-0.2, 0) is 4.79 Å². The van der Waals surface area contributed by atoms with Gasteiger partial charge in [-0.3, -0.25) is 4.79 Å². The molecule has 0 atom stereocenters. The van der Waals surface area contributed by atoms with Gasteiger partial charge in [-0.2, -0.15) is 0 Å². The van der Waals surface area contributed by atoms with Crippen LogP contribution in [0.4, 0.5) is 4.39 Å². The van der Waals surface area contributed by atoms with Crippen LogP contribution in [-0.4, -0.2) is 15.2 Å². The van der Waals surface area contributed by atoms with Gasteiger partial charge in [-0.05, 0) is 48.2 Å². The van der Waals surface area contributed by atoms with Gasteiger partial charge in [-0.1, -0.05) is 17.8 Å². The first kappa shape index (κ1) is 15.8. The van der Waals surface area contributed by atoms with Crippen molar-refractivity contribution < 1.29 is 13.6 Å². The van der Waals surface area contributed by atoms with Crippen LogP contribution in [0.3, 0.4) is 0 Å². The van der Waals surface area contributed by atoms with Gasteiger partial charge in [-0.25, -0.2) is 9.38 Å². The van der Waals surface area contributed by atoms with Gasteiger partial charge in [0.2, 0.25) is 5.12 Å². The molecule has 0 spiro atoms. The monoisotopic (exact) mass is 345 g/mol. The van der Waals surface area contributed by atoms with Crippen molar-refractivity contribution in [2.75, 3.05) is 5.75 Å². The summed E-state index contributed by atoms with van der Waals surface area (Å²) in [5.74, 6) is 1.56. The number of benzene rings is 1. The number of thioether (sulfide) groups is 2. The highest BCUT2D eigenvalue weighted by Gasteiger charge is 2.22. The van der Waals surface area contributed by atoms with Gasteiger partial charge in [0.15, 0.2) is 0 Å².